The SMILES string of the molecule is CCc1nn(CCCOC(=O)c2ccccc2)c2c1C(=O)NCC1(CCOCC1)C2. The molecule has 1 N–H and O–H groups in total. The highest BCUT2D eigenvalue weighted by molar-refractivity contribution is 5.97. The Labute approximate surface area is 176 Å². The smallest absolute Gasteiger partial charge is 0.338 e. The molecule has 1 spiro atoms. The second-order valence-electron chi connectivity index (χ2n) is 8.17. The van der Waals surface area contributed by atoms with Crippen LogP contribution in [0.25, 0.3) is 0 Å². The van der Waals surface area contributed by atoms with E-state index < -0.39 is 0 Å². The lowest BCUT2D eigenvalue weighted by Gasteiger charge is -2.36. The number of hydrogen-bond acceptors (Lipinski definition) is 5. The van der Waals surface area contributed by atoms with Gasteiger partial charge in [0.2, 0.25) is 0 Å². The Balaban J connectivity index is 1.46. The second-order valence-corrected chi connectivity index (χ2v) is 8.17. The highest BCUT2D eigenvalue weighted by Crippen LogP contribution is 2.37. The van der Waals surface area contributed by atoms with Gasteiger partial charge in [-0.15, -0.1) is 0 Å². The summed E-state index contributed by atoms with van der Waals surface area (Å²) in [6.07, 6.45) is 4.05. The monoisotopic (exact) mass is 411 g/mol. The molecule has 2 aliphatic rings. The van der Waals surface area contributed by atoms with E-state index in [1.165, 1.54) is 0 Å². The molecule has 1 aromatic carbocycles. The van der Waals surface area contributed by atoms with E-state index in [-0.39, 0.29) is 17.3 Å². The summed E-state index contributed by atoms with van der Waals surface area (Å²) in [4.78, 5) is 25.0. The molecule has 1 aromatic heterocycles. The van der Waals surface area contributed by atoms with Gasteiger partial charge in [-0.3, -0.25) is 9.48 Å². The first-order valence-electron chi connectivity index (χ1n) is 10.8. The molecule has 30 heavy (non-hydrogen) atoms. The average molecular weight is 412 g/mol. The molecule has 1 amide bonds. The lowest BCUT2D eigenvalue weighted by molar-refractivity contribution is 0.0152. The largest absolute Gasteiger partial charge is 0.462 e. The van der Waals surface area contributed by atoms with Crippen LogP contribution in [0.3, 0.4) is 0 Å². The molecule has 0 saturated carbocycles. The Morgan fingerprint density at radius 2 is 2.03 bits per heavy atom. The Morgan fingerprint density at radius 3 is 2.77 bits per heavy atom. The Hall–Kier alpha value is -2.67. The average Bonchev–Trinajstić information content (AvgIpc) is 3.06. The molecule has 1 fully saturated rings. The predicted octanol–water partition coefficient (Wildman–Crippen LogP) is 2.78. The van der Waals surface area contributed by atoms with Crippen molar-refractivity contribution in [3.05, 3.63) is 52.8 Å². The van der Waals surface area contributed by atoms with Gasteiger partial charge in [0.05, 0.1) is 29.1 Å². The van der Waals surface area contributed by atoms with Gasteiger partial charge in [-0.1, -0.05) is 25.1 Å². The van der Waals surface area contributed by atoms with Gasteiger partial charge in [0, 0.05) is 32.7 Å². The van der Waals surface area contributed by atoms with Gasteiger partial charge >= 0.3 is 5.97 Å². The first kappa shape index (κ1) is 20.6. The fourth-order valence-electron chi connectivity index (χ4n) is 4.39. The van der Waals surface area contributed by atoms with Crippen LogP contribution < -0.4 is 5.32 Å². The molecular weight excluding hydrogens is 382 g/mol. The number of nitrogens with one attached hydrogen (secondary N) is 1. The molecule has 3 heterocycles. The third-order valence-electron chi connectivity index (χ3n) is 6.17. The minimum atomic E-state index is -0.315. The minimum absolute atomic E-state index is 0.0213. The standard InChI is InChI=1S/C23H29N3O4/c1-2-18-20-19(15-23(16-24-21(20)27)9-13-29-14-10-23)26(25-18)11-6-12-30-22(28)17-7-4-3-5-8-17/h3-5,7-8H,2,6,9-16H2,1H3,(H,24,27). The summed E-state index contributed by atoms with van der Waals surface area (Å²) in [5.41, 5.74) is 3.17. The number of aryl methyl sites for hydroxylation is 2. The minimum Gasteiger partial charge on any atom is -0.462 e. The maximum atomic E-state index is 12.8. The predicted molar refractivity (Wildman–Crippen MR) is 111 cm³/mol. The Bertz CT molecular complexity index is 901. The topological polar surface area (TPSA) is 82.5 Å². The molecule has 1 saturated heterocycles. The number of carbonyl (C=O) groups excluding carboxylic acids is 2. The molecule has 4 rings (SSSR count). The van der Waals surface area contributed by atoms with Crippen molar-refractivity contribution in [1.82, 2.24) is 15.1 Å². The number of esters is 1. The van der Waals surface area contributed by atoms with Crippen molar-refractivity contribution in [2.45, 2.75) is 45.6 Å². The number of rotatable bonds is 6. The van der Waals surface area contributed by atoms with Crippen molar-refractivity contribution < 1.29 is 19.1 Å². The highest BCUT2D eigenvalue weighted by atomic mass is 16.5. The van der Waals surface area contributed by atoms with E-state index in [0.29, 0.717) is 38.1 Å². The summed E-state index contributed by atoms with van der Waals surface area (Å²) in [6.45, 7) is 5.10. The third-order valence-corrected chi connectivity index (χ3v) is 6.17. The van der Waals surface area contributed by atoms with Crippen LogP contribution in [0.2, 0.25) is 0 Å². The quantitative estimate of drug-likeness (QED) is 0.584. The maximum Gasteiger partial charge on any atom is 0.338 e. The molecular formula is C23H29N3O4. The summed E-state index contributed by atoms with van der Waals surface area (Å²) >= 11 is 0. The molecule has 0 aliphatic carbocycles. The van der Waals surface area contributed by atoms with Crippen LogP contribution in [-0.2, 0) is 28.9 Å². The number of aromatic nitrogens is 2. The number of hydrogen-bond donors (Lipinski definition) is 1. The van der Waals surface area contributed by atoms with Crippen molar-refractivity contribution in [2.24, 2.45) is 5.41 Å². The van der Waals surface area contributed by atoms with Crippen LogP contribution in [0, 0.1) is 5.41 Å². The Morgan fingerprint density at radius 1 is 1.27 bits per heavy atom. The molecule has 7 nitrogen and oxygen atoms in total. The number of benzene rings is 1. The van der Waals surface area contributed by atoms with Gasteiger partial charge in [-0.2, -0.15) is 5.10 Å². The van der Waals surface area contributed by atoms with Gasteiger partial charge in [0.1, 0.15) is 0 Å². The molecule has 7 heteroatoms. The number of amides is 1. The lowest BCUT2D eigenvalue weighted by atomic mass is 9.76. The molecule has 0 radical (unpaired) electrons. The summed E-state index contributed by atoms with van der Waals surface area (Å²) in [5, 5.41) is 7.87. The zero-order valence-electron chi connectivity index (χ0n) is 17.5. The van der Waals surface area contributed by atoms with Crippen LogP contribution in [0.5, 0.6) is 0 Å². The zero-order valence-corrected chi connectivity index (χ0v) is 17.5. The van der Waals surface area contributed by atoms with Gasteiger partial charge in [-0.25, -0.2) is 4.79 Å². The van der Waals surface area contributed by atoms with Crippen molar-refractivity contribution in [3.63, 3.8) is 0 Å². The van der Waals surface area contributed by atoms with Crippen LogP contribution in [0.4, 0.5) is 0 Å². The fraction of sp³-hybridized carbons (Fsp3) is 0.522. The van der Waals surface area contributed by atoms with Crippen molar-refractivity contribution in [1.29, 1.82) is 0 Å². The molecule has 0 unspecified atom stereocenters. The van der Waals surface area contributed by atoms with Crippen LogP contribution in [0.15, 0.2) is 30.3 Å². The first-order chi connectivity index (χ1) is 14.6. The van der Waals surface area contributed by atoms with Crippen molar-refractivity contribution in [2.75, 3.05) is 26.4 Å². The maximum absolute atomic E-state index is 12.8. The zero-order chi connectivity index (χ0) is 21.0. The molecule has 160 valence electrons. The van der Waals surface area contributed by atoms with Gasteiger partial charge in [0.25, 0.3) is 5.91 Å². The molecule has 0 bridgehead atoms. The first-order valence-corrected chi connectivity index (χ1v) is 10.8. The number of carbonyl (C=O) groups is 2. The normalized spacial score (nSPS) is 17.8. The van der Waals surface area contributed by atoms with Gasteiger partial charge in [0.15, 0.2) is 0 Å². The molecule has 0 atom stereocenters. The van der Waals surface area contributed by atoms with E-state index in [1.807, 2.05) is 29.8 Å². The second kappa shape index (κ2) is 9.00. The van der Waals surface area contributed by atoms with Crippen molar-refractivity contribution >= 4 is 11.9 Å². The summed E-state index contributed by atoms with van der Waals surface area (Å²) in [6, 6.07) is 9.00. The van der Waals surface area contributed by atoms with E-state index in [1.54, 1.807) is 12.1 Å². The van der Waals surface area contributed by atoms with E-state index in [2.05, 4.69) is 5.32 Å². The summed E-state index contributed by atoms with van der Waals surface area (Å²) in [5.74, 6) is -0.336. The van der Waals surface area contributed by atoms with Crippen molar-refractivity contribution in [3.8, 4) is 0 Å². The van der Waals surface area contributed by atoms with E-state index in [9.17, 15) is 9.59 Å². The van der Waals surface area contributed by atoms with Gasteiger partial charge < -0.3 is 14.8 Å². The summed E-state index contributed by atoms with van der Waals surface area (Å²) < 4.78 is 12.9. The highest BCUT2D eigenvalue weighted by Gasteiger charge is 2.39. The Kier molecular flexibility index (Phi) is 6.18. The number of nitrogens with zero attached hydrogens (tertiary/aromatic N) is 2. The lowest BCUT2D eigenvalue weighted by Crippen LogP contribution is -2.40. The number of ether oxygens (including phenoxy) is 2. The number of fused-ring (bicyclic) bond motifs is 1. The van der Waals surface area contributed by atoms with E-state index in [4.69, 9.17) is 14.6 Å². The van der Waals surface area contributed by atoms with Crippen LogP contribution >= 0.6 is 0 Å². The van der Waals surface area contributed by atoms with E-state index in [0.717, 1.165) is 49.4 Å². The third kappa shape index (κ3) is 4.26. The van der Waals surface area contributed by atoms with Crippen LogP contribution in [0.1, 0.15) is 58.3 Å². The molecule has 2 aliphatic heterocycles. The van der Waals surface area contributed by atoms with Gasteiger partial charge in [-0.05, 0) is 43.2 Å². The fourth-order valence-corrected chi connectivity index (χ4v) is 4.39. The van der Waals surface area contributed by atoms with E-state index >= 15 is 0 Å². The molecule has 2 aromatic rings. The van der Waals surface area contributed by atoms with Crippen LogP contribution in [-0.4, -0.2) is 48.0 Å². The summed E-state index contributed by atoms with van der Waals surface area (Å²) in [7, 11) is 0.